The number of carbonyl (C=O) groups is 2. The Hall–Kier alpha value is -4.10. The molecule has 4 aromatic rings. The van der Waals surface area contributed by atoms with Crippen LogP contribution in [0.1, 0.15) is 21.5 Å². The number of ether oxygens (including phenoxy) is 2. The molecule has 0 radical (unpaired) electrons. The van der Waals surface area contributed by atoms with Gasteiger partial charge >= 0.3 is 5.97 Å². The Morgan fingerprint density at radius 2 is 1.85 bits per heavy atom. The molecule has 1 amide bonds. The van der Waals surface area contributed by atoms with Crippen molar-refractivity contribution >= 4 is 40.6 Å². The van der Waals surface area contributed by atoms with E-state index in [1.807, 2.05) is 48.7 Å². The predicted molar refractivity (Wildman–Crippen MR) is 132 cm³/mol. The van der Waals surface area contributed by atoms with Crippen molar-refractivity contribution in [2.75, 3.05) is 13.7 Å². The maximum atomic E-state index is 12.1. The highest BCUT2D eigenvalue weighted by atomic mass is 35.5. The van der Waals surface area contributed by atoms with Gasteiger partial charge in [-0.2, -0.15) is 5.10 Å². The fourth-order valence-electron chi connectivity index (χ4n) is 3.51. The number of aromatic nitrogens is 1. The molecule has 1 heterocycles. The highest BCUT2D eigenvalue weighted by molar-refractivity contribution is 6.30. The molecule has 172 valence electrons. The number of fused-ring (bicyclic) bond motifs is 1. The summed E-state index contributed by atoms with van der Waals surface area (Å²) in [5, 5.41) is 5.67. The van der Waals surface area contributed by atoms with E-state index in [9.17, 15) is 9.59 Å². The molecule has 0 atom stereocenters. The molecule has 34 heavy (non-hydrogen) atoms. The fourth-order valence-corrected chi connectivity index (χ4v) is 3.63. The molecule has 0 spiro atoms. The second-order valence-electron chi connectivity index (χ2n) is 7.46. The molecule has 3 aromatic carbocycles. The van der Waals surface area contributed by atoms with Crippen LogP contribution in [0.3, 0.4) is 0 Å². The summed E-state index contributed by atoms with van der Waals surface area (Å²) in [6, 6.07) is 22.0. The minimum atomic E-state index is -0.380. The van der Waals surface area contributed by atoms with Crippen molar-refractivity contribution in [3.05, 3.63) is 101 Å². The number of hydrogen-bond donors (Lipinski definition) is 1. The lowest BCUT2D eigenvalue weighted by Gasteiger charge is -2.07. The zero-order valence-corrected chi connectivity index (χ0v) is 19.2. The van der Waals surface area contributed by atoms with E-state index >= 15 is 0 Å². The Morgan fingerprint density at radius 3 is 2.65 bits per heavy atom. The quantitative estimate of drug-likeness (QED) is 0.228. The predicted octanol–water partition coefficient (Wildman–Crippen LogP) is 4.66. The number of hydrazone groups is 1. The van der Waals surface area contributed by atoms with Crippen molar-refractivity contribution in [2.24, 2.45) is 5.10 Å². The first kappa shape index (κ1) is 23.1. The first-order valence-electron chi connectivity index (χ1n) is 10.5. The van der Waals surface area contributed by atoms with E-state index in [1.54, 1.807) is 36.5 Å². The van der Waals surface area contributed by atoms with Gasteiger partial charge in [0.25, 0.3) is 5.91 Å². The molecule has 0 aliphatic heterocycles. The summed E-state index contributed by atoms with van der Waals surface area (Å²) >= 11 is 5.84. The smallest absolute Gasteiger partial charge is 0.337 e. The average Bonchev–Trinajstić information content (AvgIpc) is 3.20. The third-order valence-corrected chi connectivity index (χ3v) is 5.35. The van der Waals surface area contributed by atoms with Gasteiger partial charge in [0, 0.05) is 34.2 Å². The third kappa shape index (κ3) is 5.63. The van der Waals surface area contributed by atoms with Gasteiger partial charge in [0.2, 0.25) is 0 Å². The molecular formula is C26H22ClN3O4. The maximum absolute atomic E-state index is 12.1. The first-order chi connectivity index (χ1) is 16.5. The lowest BCUT2D eigenvalue weighted by molar-refractivity contribution is -0.123. The number of carbonyl (C=O) groups excluding carboxylic acids is 2. The van der Waals surface area contributed by atoms with Crippen molar-refractivity contribution in [3.8, 4) is 5.75 Å². The molecule has 0 bridgehead atoms. The minimum absolute atomic E-state index is 0.169. The fraction of sp³-hybridized carbons (Fsp3) is 0.115. The van der Waals surface area contributed by atoms with Crippen molar-refractivity contribution in [3.63, 3.8) is 0 Å². The number of hydrogen-bond acceptors (Lipinski definition) is 5. The average molecular weight is 476 g/mol. The Morgan fingerprint density at radius 1 is 1.06 bits per heavy atom. The van der Waals surface area contributed by atoms with E-state index in [-0.39, 0.29) is 18.5 Å². The Bertz CT molecular complexity index is 1350. The molecule has 0 aliphatic carbocycles. The van der Waals surface area contributed by atoms with E-state index in [0.717, 1.165) is 22.0 Å². The van der Waals surface area contributed by atoms with Gasteiger partial charge in [-0.15, -0.1) is 0 Å². The standard InChI is InChI=1S/C26H22ClN3O4/c1-33-26(32)19-6-4-5-18(13-19)15-30-16-20(23-7-2-3-8-24(23)30)14-28-29-25(31)17-34-22-11-9-21(27)10-12-22/h2-14,16H,15,17H2,1H3,(H,29,31)/b28-14-. The van der Waals surface area contributed by atoms with Crippen LogP contribution in [0.15, 0.2) is 84.1 Å². The van der Waals surface area contributed by atoms with E-state index < -0.39 is 0 Å². The number of methoxy groups -OCH3 is 1. The van der Waals surface area contributed by atoms with E-state index in [1.165, 1.54) is 7.11 Å². The van der Waals surface area contributed by atoms with Gasteiger partial charge in [0.1, 0.15) is 5.75 Å². The molecule has 0 aliphatic rings. The zero-order chi connectivity index (χ0) is 23.9. The van der Waals surface area contributed by atoms with Crippen molar-refractivity contribution < 1.29 is 19.1 Å². The highest BCUT2D eigenvalue weighted by Crippen LogP contribution is 2.22. The summed E-state index contributed by atoms with van der Waals surface area (Å²) in [5.41, 5.74) is 5.79. The van der Waals surface area contributed by atoms with Crippen molar-refractivity contribution in [1.82, 2.24) is 9.99 Å². The summed E-state index contributed by atoms with van der Waals surface area (Å²) in [6.07, 6.45) is 3.55. The van der Waals surface area contributed by atoms with Crippen LogP contribution in [0.25, 0.3) is 10.9 Å². The Labute approximate surface area is 201 Å². The number of para-hydroxylation sites is 1. The monoisotopic (exact) mass is 475 g/mol. The number of esters is 1. The molecular weight excluding hydrogens is 454 g/mol. The lowest BCUT2D eigenvalue weighted by atomic mass is 10.1. The summed E-state index contributed by atoms with van der Waals surface area (Å²) < 4.78 is 12.3. The van der Waals surface area contributed by atoms with Crippen LogP contribution in [0, 0.1) is 0 Å². The van der Waals surface area contributed by atoms with Crippen LogP contribution in [0.5, 0.6) is 5.75 Å². The molecule has 8 heteroatoms. The number of benzene rings is 3. The molecule has 1 aromatic heterocycles. The normalized spacial score (nSPS) is 11.0. The second kappa shape index (κ2) is 10.7. The SMILES string of the molecule is COC(=O)c1cccc(Cn2cc(/C=N\NC(=O)COc3ccc(Cl)cc3)c3ccccc32)c1. The second-order valence-corrected chi connectivity index (χ2v) is 7.89. The van der Waals surface area contributed by atoms with Crippen molar-refractivity contribution in [2.45, 2.75) is 6.54 Å². The van der Waals surface area contributed by atoms with Gasteiger partial charge in [-0.25, -0.2) is 10.2 Å². The van der Waals surface area contributed by atoms with Crippen molar-refractivity contribution in [1.29, 1.82) is 0 Å². The van der Waals surface area contributed by atoms with Gasteiger partial charge in [0.15, 0.2) is 6.61 Å². The van der Waals surface area contributed by atoms with Crippen LogP contribution < -0.4 is 10.2 Å². The van der Waals surface area contributed by atoms with E-state index in [2.05, 4.69) is 15.1 Å². The number of nitrogens with zero attached hydrogens (tertiary/aromatic N) is 2. The van der Waals surface area contributed by atoms with Gasteiger partial charge in [-0.3, -0.25) is 4.79 Å². The summed E-state index contributed by atoms with van der Waals surface area (Å²) in [7, 11) is 1.36. The minimum Gasteiger partial charge on any atom is -0.484 e. The lowest BCUT2D eigenvalue weighted by Crippen LogP contribution is -2.24. The van der Waals surface area contributed by atoms with Crippen LogP contribution in [0.2, 0.25) is 5.02 Å². The van der Waals surface area contributed by atoms with Crippen LogP contribution in [-0.2, 0) is 16.1 Å². The number of amides is 1. The summed E-state index contributed by atoms with van der Waals surface area (Å²) in [4.78, 5) is 23.9. The summed E-state index contributed by atoms with van der Waals surface area (Å²) in [6.45, 7) is 0.387. The molecule has 0 fully saturated rings. The molecule has 0 saturated carbocycles. The third-order valence-electron chi connectivity index (χ3n) is 5.10. The maximum Gasteiger partial charge on any atom is 0.337 e. The molecule has 7 nitrogen and oxygen atoms in total. The van der Waals surface area contributed by atoms with Gasteiger partial charge in [0.05, 0.1) is 18.9 Å². The molecule has 0 unspecified atom stereocenters. The molecule has 1 N–H and O–H groups in total. The molecule has 0 saturated heterocycles. The van der Waals surface area contributed by atoms with Crippen LogP contribution >= 0.6 is 11.6 Å². The first-order valence-corrected chi connectivity index (χ1v) is 10.9. The largest absolute Gasteiger partial charge is 0.484 e. The Kier molecular flexibility index (Phi) is 7.25. The van der Waals surface area contributed by atoms with Gasteiger partial charge in [-0.05, 0) is 48.0 Å². The van der Waals surface area contributed by atoms with Gasteiger partial charge in [-0.1, -0.05) is 41.9 Å². The van der Waals surface area contributed by atoms with Gasteiger partial charge < -0.3 is 14.0 Å². The number of nitrogens with one attached hydrogen (secondary N) is 1. The number of halogens is 1. The molecule has 4 rings (SSSR count). The topological polar surface area (TPSA) is 81.9 Å². The van der Waals surface area contributed by atoms with E-state index in [0.29, 0.717) is 22.9 Å². The zero-order valence-electron chi connectivity index (χ0n) is 18.4. The van der Waals surface area contributed by atoms with Crippen LogP contribution in [-0.4, -0.2) is 36.4 Å². The number of rotatable bonds is 8. The van der Waals surface area contributed by atoms with E-state index in [4.69, 9.17) is 21.1 Å². The van der Waals surface area contributed by atoms with Crippen LogP contribution in [0.4, 0.5) is 0 Å². The highest BCUT2D eigenvalue weighted by Gasteiger charge is 2.10. The summed E-state index contributed by atoms with van der Waals surface area (Å²) in [5.74, 6) is -0.208. The Balaban J connectivity index is 1.45.